The van der Waals surface area contributed by atoms with Crippen LogP contribution in [-0.2, 0) is 25.5 Å². The predicted octanol–water partition coefficient (Wildman–Crippen LogP) is 9.22. The van der Waals surface area contributed by atoms with E-state index >= 15 is 0 Å². The summed E-state index contributed by atoms with van der Waals surface area (Å²) < 4.78 is 9.58. The van der Waals surface area contributed by atoms with Crippen molar-refractivity contribution in [3.63, 3.8) is 0 Å². The molecule has 0 saturated carbocycles. The van der Waals surface area contributed by atoms with Gasteiger partial charge in [-0.1, -0.05) is 97.1 Å². The topological polar surface area (TPSA) is 183 Å². The smallest absolute Gasteiger partial charge is 0.407 e. The van der Waals surface area contributed by atoms with Gasteiger partial charge in [0.1, 0.15) is 23.7 Å². The molecule has 1 fully saturated rings. The molecule has 66 heavy (non-hydrogen) atoms. The number of aromatic amines is 2. The highest BCUT2D eigenvalue weighted by atomic mass is 16.5. The minimum Gasteiger partial charge on any atom is -0.453 e. The fourth-order valence-corrected chi connectivity index (χ4v) is 8.78. The SMILES string of the molecule is COC(=O)NC(C(=O)NCCCCc1nc2ccc(-c3ccc4cc(-c5ccc6nc(C7CCCN7C(=O)C(NC(=O)OC)c7ccccc7)[nH]c6c5)ccc4c3)cc2[nH]1)c1ccccc1. The normalized spacial score (nSPS) is 14.5. The van der Waals surface area contributed by atoms with Crippen molar-refractivity contribution in [2.75, 3.05) is 27.3 Å². The molecule has 6 aromatic carbocycles. The predicted molar refractivity (Wildman–Crippen MR) is 253 cm³/mol. The molecule has 14 nitrogen and oxygen atoms in total. The minimum atomic E-state index is -0.883. The van der Waals surface area contributed by atoms with Crippen molar-refractivity contribution in [3.05, 3.63) is 156 Å². The van der Waals surface area contributed by atoms with E-state index in [0.717, 1.165) is 98.8 Å². The van der Waals surface area contributed by atoms with Gasteiger partial charge in [0.05, 0.1) is 42.3 Å². The first-order valence-electron chi connectivity index (χ1n) is 22.1. The van der Waals surface area contributed by atoms with Gasteiger partial charge in [0.15, 0.2) is 0 Å². The molecular formula is C52H50N8O6. The highest BCUT2D eigenvalue weighted by molar-refractivity contribution is 5.93. The van der Waals surface area contributed by atoms with Crippen molar-refractivity contribution in [1.82, 2.24) is 40.8 Å². The van der Waals surface area contributed by atoms with E-state index in [4.69, 9.17) is 19.4 Å². The summed E-state index contributed by atoms with van der Waals surface area (Å²) in [7, 11) is 2.56. The van der Waals surface area contributed by atoms with Crippen LogP contribution in [0.5, 0.6) is 0 Å². The Morgan fingerprint density at radius 3 is 1.82 bits per heavy atom. The molecule has 3 heterocycles. The zero-order valence-electron chi connectivity index (χ0n) is 36.7. The Kier molecular flexibility index (Phi) is 12.7. The van der Waals surface area contributed by atoms with Crippen LogP contribution in [-0.4, -0.2) is 76.1 Å². The number of rotatable bonds is 14. The van der Waals surface area contributed by atoms with Crippen molar-refractivity contribution >= 4 is 56.8 Å². The molecule has 1 aliphatic rings. The summed E-state index contributed by atoms with van der Waals surface area (Å²) in [6.45, 7) is 1.01. The fourth-order valence-electron chi connectivity index (χ4n) is 8.78. The number of ether oxygens (including phenoxy) is 2. The molecule has 4 amide bonds. The number of carbonyl (C=O) groups is 4. The van der Waals surface area contributed by atoms with Crippen molar-refractivity contribution < 1.29 is 28.7 Å². The number of amides is 4. The van der Waals surface area contributed by atoms with Gasteiger partial charge < -0.3 is 40.3 Å². The van der Waals surface area contributed by atoms with Crippen LogP contribution < -0.4 is 16.0 Å². The van der Waals surface area contributed by atoms with Crippen LogP contribution in [0, 0.1) is 0 Å². The van der Waals surface area contributed by atoms with Crippen LogP contribution >= 0.6 is 0 Å². The number of likely N-dealkylation sites (tertiary alicyclic amines) is 1. The molecule has 0 radical (unpaired) electrons. The molecule has 5 N–H and O–H groups in total. The lowest BCUT2D eigenvalue weighted by Gasteiger charge is -2.28. The number of hydrogen-bond acceptors (Lipinski definition) is 8. The van der Waals surface area contributed by atoms with E-state index in [1.807, 2.05) is 60.7 Å². The molecule has 14 heteroatoms. The van der Waals surface area contributed by atoms with Gasteiger partial charge in [0, 0.05) is 19.5 Å². The maximum absolute atomic E-state index is 14.0. The second kappa shape index (κ2) is 19.4. The largest absolute Gasteiger partial charge is 0.453 e. The highest BCUT2D eigenvalue weighted by Crippen LogP contribution is 2.36. The molecule has 0 spiro atoms. The summed E-state index contributed by atoms with van der Waals surface area (Å²) in [6, 6.07) is 41.7. The van der Waals surface area contributed by atoms with Crippen molar-refractivity contribution in [1.29, 1.82) is 0 Å². The standard InChI is InChI=1S/C52H50N8O6/c1-65-51(63)58-46(32-12-5-3-6-13-32)49(61)53-26-10-9-17-45-54-40-24-22-38(30-42(40)55-45)36-20-18-35-29-37(21-19-34(35)28-36)39-23-25-41-43(31-39)57-48(56-41)44-16-11-27-60(44)50(62)47(59-52(64)66-2)33-14-7-4-8-15-33/h3-8,12-15,18-25,28-31,44,46-47H,9-11,16-17,26-27H2,1-2H3,(H,53,61)(H,54,55)(H,56,57)(H,58,63)(H,59,64). The van der Waals surface area contributed by atoms with Gasteiger partial charge in [-0.15, -0.1) is 0 Å². The van der Waals surface area contributed by atoms with Crippen molar-refractivity contribution in [2.45, 2.75) is 50.2 Å². The third-order valence-corrected chi connectivity index (χ3v) is 12.2. The van der Waals surface area contributed by atoms with Gasteiger partial charge in [-0.05, 0) is 106 Å². The van der Waals surface area contributed by atoms with E-state index < -0.39 is 24.3 Å². The number of methoxy groups -OCH3 is 2. The number of H-pyrrole nitrogens is 2. The number of aromatic nitrogens is 4. The summed E-state index contributed by atoms with van der Waals surface area (Å²) in [5.41, 5.74) is 9.22. The summed E-state index contributed by atoms with van der Waals surface area (Å²) in [5, 5.41) is 10.5. The van der Waals surface area contributed by atoms with Gasteiger partial charge in [-0.2, -0.15) is 0 Å². The average molecular weight is 883 g/mol. The van der Waals surface area contributed by atoms with E-state index in [-0.39, 0.29) is 17.9 Å². The van der Waals surface area contributed by atoms with E-state index in [9.17, 15) is 19.2 Å². The lowest BCUT2D eigenvalue weighted by atomic mass is 9.97. The molecule has 3 atom stereocenters. The molecule has 1 aliphatic heterocycles. The van der Waals surface area contributed by atoms with Gasteiger partial charge >= 0.3 is 12.2 Å². The minimum absolute atomic E-state index is 0.207. The number of nitrogens with one attached hydrogen (secondary N) is 5. The zero-order valence-corrected chi connectivity index (χ0v) is 36.7. The molecule has 334 valence electrons. The Bertz CT molecular complexity index is 3040. The van der Waals surface area contributed by atoms with Crippen LogP contribution in [0.3, 0.4) is 0 Å². The number of alkyl carbamates (subject to hydrolysis) is 2. The summed E-state index contributed by atoms with van der Waals surface area (Å²) in [5.74, 6) is 1.10. The number of benzene rings is 6. The first-order valence-corrected chi connectivity index (χ1v) is 22.1. The zero-order chi connectivity index (χ0) is 45.6. The number of unbranched alkanes of at least 4 members (excludes halogenated alkanes) is 1. The summed E-state index contributed by atoms with van der Waals surface area (Å²) >= 11 is 0. The van der Waals surface area contributed by atoms with E-state index in [1.54, 1.807) is 17.0 Å². The lowest BCUT2D eigenvalue weighted by molar-refractivity contribution is -0.134. The maximum Gasteiger partial charge on any atom is 0.407 e. The van der Waals surface area contributed by atoms with Crippen LogP contribution in [0.1, 0.15) is 66.6 Å². The Labute approximate surface area is 381 Å². The molecule has 2 aromatic heterocycles. The maximum atomic E-state index is 14.0. The molecule has 0 bridgehead atoms. The summed E-state index contributed by atoms with van der Waals surface area (Å²) in [4.78, 5) is 69.8. The monoisotopic (exact) mass is 882 g/mol. The number of hydrogen-bond donors (Lipinski definition) is 5. The molecule has 8 aromatic rings. The third kappa shape index (κ3) is 9.43. The number of fused-ring (bicyclic) bond motifs is 3. The highest BCUT2D eigenvalue weighted by Gasteiger charge is 2.37. The van der Waals surface area contributed by atoms with Gasteiger partial charge in [-0.25, -0.2) is 19.6 Å². The van der Waals surface area contributed by atoms with Crippen LogP contribution in [0.15, 0.2) is 133 Å². The van der Waals surface area contributed by atoms with Crippen LogP contribution in [0.4, 0.5) is 9.59 Å². The van der Waals surface area contributed by atoms with E-state index in [2.05, 4.69) is 86.6 Å². The Morgan fingerprint density at radius 2 is 1.20 bits per heavy atom. The number of aryl methyl sites for hydroxylation is 1. The van der Waals surface area contributed by atoms with E-state index in [1.165, 1.54) is 14.2 Å². The molecule has 9 rings (SSSR count). The Morgan fingerprint density at radius 1 is 0.652 bits per heavy atom. The van der Waals surface area contributed by atoms with Crippen molar-refractivity contribution in [3.8, 4) is 22.3 Å². The first-order chi connectivity index (χ1) is 32.2. The number of carbonyl (C=O) groups excluding carboxylic acids is 4. The second-order valence-electron chi connectivity index (χ2n) is 16.4. The fraction of sp³-hybridized carbons (Fsp3) is 0.231. The molecule has 1 saturated heterocycles. The average Bonchev–Trinajstić information content (AvgIpc) is 4.13. The Balaban J connectivity index is 0.838. The number of nitrogens with zero attached hydrogens (tertiary/aromatic N) is 3. The molecule has 0 aliphatic carbocycles. The lowest BCUT2D eigenvalue weighted by Crippen LogP contribution is -2.42. The second-order valence-corrected chi connectivity index (χ2v) is 16.4. The molecular weight excluding hydrogens is 833 g/mol. The van der Waals surface area contributed by atoms with Gasteiger partial charge in [-0.3, -0.25) is 9.59 Å². The van der Waals surface area contributed by atoms with Gasteiger partial charge in [0.2, 0.25) is 5.91 Å². The molecule has 3 unspecified atom stereocenters. The Hall–Kier alpha value is -8.00. The quantitative estimate of drug-likeness (QED) is 0.0670. The van der Waals surface area contributed by atoms with Crippen LogP contribution in [0.2, 0.25) is 0 Å². The van der Waals surface area contributed by atoms with Gasteiger partial charge in [0.25, 0.3) is 5.91 Å². The van der Waals surface area contributed by atoms with E-state index in [0.29, 0.717) is 24.2 Å². The van der Waals surface area contributed by atoms with Crippen molar-refractivity contribution in [2.24, 2.45) is 0 Å². The number of imidazole rings is 2. The first kappa shape index (κ1) is 43.3. The summed E-state index contributed by atoms with van der Waals surface area (Å²) in [6.07, 6.45) is 2.51. The third-order valence-electron chi connectivity index (χ3n) is 12.2. The van der Waals surface area contributed by atoms with Crippen LogP contribution in [0.25, 0.3) is 55.1 Å².